The number of carboxylic acids is 1. The first kappa shape index (κ1) is 15.1. The number of nitrogens with one attached hydrogen (secondary N) is 1. The predicted octanol–water partition coefficient (Wildman–Crippen LogP) is 3.22. The molecule has 2 rings (SSSR count). The lowest BCUT2D eigenvalue weighted by atomic mass is 9.96. The van der Waals surface area contributed by atoms with Gasteiger partial charge in [-0.2, -0.15) is 0 Å². The van der Waals surface area contributed by atoms with Gasteiger partial charge in [-0.25, -0.2) is 0 Å². The molecule has 20 heavy (non-hydrogen) atoms. The first-order valence-corrected chi connectivity index (χ1v) is 7.20. The number of amides is 1. The van der Waals surface area contributed by atoms with Gasteiger partial charge in [-0.05, 0) is 37.0 Å². The number of carboxylic acid groups (broad SMARTS) is 1. The third kappa shape index (κ3) is 3.44. The zero-order valence-electron chi connectivity index (χ0n) is 10.7. The van der Waals surface area contributed by atoms with Gasteiger partial charge < -0.3 is 10.4 Å². The fraction of sp³-hybridized carbons (Fsp3) is 0.429. The lowest BCUT2D eigenvalue weighted by Crippen LogP contribution is -2.33. The maximum absolute atomic E-state index is 12.0. The summed E-state index contributed by atoms with van der Waals surface area (Å²) in [6.45, 7) is 0.356. The van der Waals surface area contributed by atoms with Crippen LogP contribution in [0, 0.1) is 11.8 Å². The summed E-state index contributed by atoms with van der Waals surface area (Å²) in [4.78, 5) is 23.1. The molecule has 108 valence electrons. The summed E-state index contributed by atoms with van der Waals surface area (Å²) in [6, 6.07) is 4.66. The van der Waals surface area contributed by atoms with Crippen LogP contribution in [-0.2, 0) is 4.79 Å². The molecule has 2 unspecified atom stereocenters. The number of hydrogen-bond donors (Lipinski definition) is 2. The number of carbonyl (C=O) groups excluding carboxylic acids is 1. The second-order valence-electron chi connectivity index (χ2n) is 4.97. The van der Waals surface area contributed by atoms with Crippen molar-refractivity contribution in [1.82, 2.24) is 5.32 Å². The molecule has 1 fully saturated rings. The average Bonchev–Trinajstić information content (AvgIpc) is 2.84. The van der Waals surface area contributed by atoms with Crippen LogP contribution in [0.25, 0.3) is 0 Å². The van der Waals surface area contributed by atoms with Crippen molar-refractivity contribution >= 4 is 35.1 Å². The molecule has 1 saturated carbocycles. The van der Waals surface area contributed by atoms with E-state index in [1.54, 1.807) is 12.1 Å². The number of rotatable bonds is 4. The van der Waals surface area contributed by atoms with Crippen molar-refractivity contribution in [3.05, 3.63) is 33.8 Å². The number of hydrogen-bond acceptors (Lipinski definition) is 2. The molecule has 2 N–H and O–H groups in total. The lowest BCUT2D eigenvalue weighted by Gasteiger charge is -2.16. The predicted molar refractivity (Wildman–Crippen MR) is 77.3 cm³/mol. The van der Waals surface area contributed by atoms with E-state index in [9.17, 15) is 9.59 Å². The lowest BCUT2D eigenvalue weighted by molar-refractivity contribution is -0.142. The number of halogens is 2. The quantitative estimate of drug-likeness (QED) is 0.896. The Kier molecular flexibility index (Phi) is 4.89. The molecule has 0 radical (unpaired) electrons. The minimum Gasteiger partial charge on any atom is -0.481 e. The first-order valence-electron chi connectivity index (χ1n) is 6.45. The van der Waals surface area contributed by atoms with Gasteiger partial charge in [0.1, 0.15) is 0 Å². The molecule has 2 atom stereocenters. The van der Waals surface area contributed by atoms with Crippen LogP contribution in [0.5, 0.6) is 0 Å². The van der Waals surface area contributed by atoms with E-state index in [0.29, 0.717) is 23.6 Å². The van der Waals surface area contributed by atoms with Crippen molar-refractivity contribution in [3.8, 4) is 0 Å². The molecule has 0 spiro atoms. The molecule has 0 aliphatic heterocycles. The molecular formula is C14H15Cl2NO3. The highest BCUT2D eigenvalue weighted by Gasteiger charge is 2.32. The second-order valence-corrected chi connectivity index (χ2v) is 5.81. The summed E-state index contributed by atoms with van der Waals surface area (Å²) in [5.74, 6) is -1.47. The van der Waals surface area contributed by atoms with Gasteiger partial charge in [0.05, 0.1) is 16.5 Å². The molecule has 1 aromatic carbocycles. The Balaban J connectivity index is 1.97. The second kappa shape index (κ2) is 6.46. The van der Waals surface area contributed by atoms with Crippen LogP contribution < -0.4 is 5.32 Å². The molecule has 1 aliphatic carbocycles. The van der Waals surface area contributed by atoms with Gasteiger partial charge >= 0.3 is 5.97 Å². The van der Waals surface area contributed by atoms with Gasteiger partial charge in [-0.15, -0.1) is 0 Å². The van der Waals surface area contributed by atoms with Gasteiger partial charge in [0.25, 0.3) is 5.91 Å². The van der Waals surface area contributed by atoms with Crippen LogP contribution in [0.15, 0.2) is 18.2 Å². The molecule has 1 amide bonds. The molecule has 1 aromatic rings. The van der Waals surface area contributed by atoms with Gasteiger partial charge in [0.2, 0.25) is 0 Å². The monoisotopic (exact) mass is 315 g/mol. The van der Waals surface area contributed by atoms with Crippen LogP contribution in [0.2, 0.25) is 10.0 Å². The topological polar surface area (TPSA) is 66.4 Å². The molecule has 4 nitrogen and oxygen atoms in total. The molecule has 0 saturated heterocycles. The standard InChI is InChI=1S/C14H15Cl2NO3/c15-9-4-5-11(12(16)6-9)13(18)17-7-8-2-1-3-10(8)14(19)20/h4-6,8,10H,1-3,7H2,(H,17,18)(H,19,20). The van der Waals surface area contributed by atoms with E-state index in [0.717, 1.165) is 12.8 Å². The van der Waals surface area contributed by atoms with E-state index < -0.39 is 5.97 Å². The number of benzene rings is 1. The van der Waals surface area contributed by atoms with Crippen molar-refractivity contribution in [2.45, 2.75) is 19.3 Å². The van der Waals surface area contributed by atoms with Crippen LogP contribution in [-0.4, -0.2) is 23.5 Å². The highest BCUT2D eigenvalue weighted by molar-refractivity contribution is 6.36. The van der Waals surface area contributed by atoms with Crippen LogP contribution in [0.4, 0.5) is 0 Å². The van der Waals surface area contributed by atoms with Crippen LogP contribution in [0.3, 0.4) is 0 Å². The maximum Gasteiger partial charge on any atom is 0.306 e. The van der Waals surface area contributed by atoms with Crippen LogP contribution in [0.1, 0.15) is 29.6 Å². The fourth-order valence-electron chi connectivity index (χ4n) is 2.60. The minimum absolute atomic E-state index is 0.0116. The van der Waals surface area contributed by atoms with Crippen molar-refractivity contribution in [2.75, 3.05) is 6.54 Å². The highest BCUT2D eigenvalue weighted by atomic mass is 35.5. The Bertz CT molecular complexity index is 533. The molecule has 0 bridgehead atoms. The third-order valence-electron chi connectivity index (χ3n) is 3.68. The Morgan fingerprint density at radius 3 is 2.70 bits per heavy atom. The SMILES string of the molecule is O=C(NCC1CCCC1C(=O)O)c1ccc(Cl)cc1Cl. The van der Waals surface area contributed by atoms with E-state index in [-0.39, 0.29) is 22.8 Å². The summed E-state index contributed by atoms with van der Waals surface area (Å²) >= 11 is 11.7. The smallest absolute Gasteiger partial charge is 0.306 e. The van der Waals surface area contributed by atoms with E-state index >= 15 is 0 Å². The average molecular weight is 316 g/mol. The van der Waals surface area contributed by atoms with E-state index in [4.69, 9.17) is 28.3 Å². The molecular weight excluding hydrogens is 301 g/mol. The summed E-state index contributed by atoms with van der Waals surface area (Å²) < 4.78 is 0. The van der Waals surface area contributed by atoms with Crippen LogP contribution >= 0.6 is 23.2 Å². The largest absolute Gasteiger partial charge is 0.481 e. The van der Waals surface area contributed by atoms with Crippen molar-refractivity contribution < 1.29 is 14.7 Å². The summed E-state index contributed by atoms with van der Waals surface area (Å²) in [5.41, 5.74) is 0.348. The minimum atomic E-state index is -0.786. The molecule has 6 heteroatoms. The first-order chi connectivity index (χ1) is 9.49. The molecule has 1 aliphatic rings. The van der Waals surface area contributed by atoms with Gasteiger partial charge in [0.15, 0.2) is 0 Å². The van der Waals surface area contributed by atoms with Gasteiger partial charge in [-0.3, -0.25) is 9.59 Å². The number of carbonyl (C=O) groups is 2. The summed E-state index contributed by atoms with van der Waals surface area (Å²) in [6.07, 6.45) is 2.39. The summed E-state index contributed by atoms with van der Waals surface area (Å²) in [5, 5.41) is 12.6. The normalized spacial score (nSPS) is 21.7. The Labute approximate surface area is 127 Å². The number of aliphatic carboxylic acids is 1. The fourth-order valence-corrected chi connectivity index (χ4v) is 3.09. The van der Waals surface area contributed by atoms with E-state index in [1.165, 1.54) is 6.07 Å². The zero-order chi connectivity index (χ0) is 14.7. The maximum atomic E-state index is 12.0. The van der Waals surface area contributed by atoms with Crippen molar-refractivity contribution in [3.63, 3.8) is 0 Å². The van der Waals surface area contributed by atoms with Gasteiger partial charge in [-0.1, -0.05) is 29.6 Å². The van der Waals surface area contributed by atoms with E-state index in [1.807, 2.05) is 0 Å². The Morgan fingerprint density at radius 1 is 1.30 bits per heavy atom. The highest BCUT2D eigenvalue weighted by Crippen LogP contribution is 2.31. The zero-order valence-corrected chi connectivity index (χ0v) is 12.2. The molecule has 0 heterocycles. The molecule has 0 aromatic heterocycles. The van der Waals surface area contributed by atoms with Crippen molar-refractivity contribution in [2.24, 2.45) is 11.8 Å². The Hall–Kier alpha value is -1.26. The summed E-state index contributed by atoms with van der Waals surface area (Å²) in [7, 11) is 0. The van der Waals surface area contributed by atoms with Crippen molar-refractivity contribution in [1.29, 1.82) is 0 Å². The Morgan fingerprint density at radius 2 is 2.05 bits per heavy atom. The van der Waals surface area contributed by atoms with E-state index in [2.05, 4.69) is 5.32 Å². The van der Waals surface area contributed by atoms with Gasteiger partial charge in [0, 0.05) is 11.6 Å². The third-order valence-corrected chi connectivity index (χ3v) is 4.22.